The Bertz CT molecular complexity index is 1890. The Morgan fingerprint density at radius 1 is 0.532 bits per heavy atom. The third-order valence-corrected chi connectivity index (χ3v) is 14.2. The summed E-state index contributed by atoms with van der Waals surface area (Å²) >= 11 is 0. The van der Waals surface area contributed by atoms with Crippen molar-refractivity contribution < 1.29 is 26.2 Å². The first-order valence-corrected chi connectivity index (χ1v) is 19.8. The molecule has 0 fully saturated rings. The van der Waals surface area contributed by atoms with Gasteiger partial charge in [0, 0.05) is 8.07 Å². The van der Waals surface area contributed by atoms with E-state index in [1.165, 1.54) is 72.2 Å². The molecule has 238 valence electrons. The Morgan fingerprint density at radius 3 is 1.30 bits per heavy atom. The molecule has 0 bridgehead atoms. The van der Waals surface area contributed by atoms with Crippen LogP contribution in [0, 0.1) is 13.8 Å². The fourth-order valence-corrected chi connectivity index (χ4v) is 12.1. The molecule has 0 nitrogen and oxygen atoms in total. The van der Waals surface area contributed by atoms with Gasteiger partial charge in [0.1, 0.15) is 0 Å². The second kappa shape index (κ2) is 16.9. The van der Waals surface area contributed by atoms with E-state index in [2.05, 4.69) is 163 Å². The predicted octanol–water partition coefficient (Wildman–Crippen LogP) is 11.2. The molecule has 47 heavy (non-hydrogen) atoms. The van der Waals surface area contributed by atoms with E-state index in [9.17, 15) is 0 Å². The zero-order valence-corrected chi connectivity index (χ0v) is 32.6. The summed E-state index contributed by atoms with van der Waals surface area (Å²) in [5, 5.41) is 15.8. The average molecular weight is 710 g/mol. The Hall–Kier alpha value is -3.06. The molecule has 7 aromatic carbocycles. The third kappa shape index (κ3) is 7.06. The number of unbranched alkanes of at least 4 members (excludes halogenated alkanes) is 2. The van der Waals surface area contributed by atoms with Crippen molar-refractivity contribution >= 4 is 66.7 Å². The van der Waals surface area contributed by atoms with Gasteiger partial charge in [-0.2, -0.15) is 23.2 Å². The molecule has 0 spiro atoms. The molecular weight excluding hydrogens is 660 g/mol. The van der Waals surface area contributed by atoms with Crippen LogP contribution in [0.15, 0.2) is 115 Å². The van der Waals surface area contributed by atoms with Crippen molar-refractivity contribution in [2.75, 3.05) is 0 Å². The van der Waals surface area contributed by atoms with Crippen LogP contribution in [0.25, 0.3) is 43.1 Å². The SMILES string of the molecule is CCc1[cH-]c2ccc3ccccc3c2c1[Si](C)(c1ccccc1)c1c(CC)[cH-]c2ccc3ccccc3c12.[CH2-]CCC.[CH2-]CCC.[Zr+4]. The average Bonchev–Trinajstić information content (AvgIpc) is 3.71. The van der Waals surface area contributed by atoms with Crippen LogP contribution in [0.5, 0.6) is 0 Å². The molecule has 0 heterocycles. The van der Waals surface area contributed by atoms with E-state index < -0.39 is 8.07 Å². The Labute approximate surface area is 304 Å². The van der Waals surface area contributed by atoms with Crippen LogP contribution >= 0.6 is 0 Å². The second-order valence-corrected chi connectivity index (χ2v) is 16.3. The monoisotopic (exact) mass is 708 g/mol. The zero-order chi connectivity index (χ0) is 32.7. The van der Waals surface area contributed by atoms with Gasteiger partial charge in [-0.15, -0.1) is 56.9 Å². The number of aryl methyl sites for hydroxylation is 2. The maximum atomic E-state index is 3.60. The number of rotatable bonds is 7. The van der Waals surface area contributed by atoms with E-state index in [1.807, 2.05) is 0 Å². The molecule has 0 saturated carbocycles. The first kappa shape index (κ1) is 36.8. The standard InChI is InChI=1S/C37H32Si.2C4H9.Zr/c1-4-25-23-29-21-19-27-13-9-11-17-32(27)34(29)36(25)38(3,31-15-7-6-8-16-31)37-26(5-2)24-30-22-20-28-14-10-12-18-33(28)35(30)37;2*1-3-4-2;/h6-24H,4-5H2,1-3H3;2*1,3-4H2,2H3;/q-2;2*-1;+4. The summed E-state index contributed by atoms with van der Waals surface area (Å²) in [6.07, 6.45) is 6.63. The van der Waals surface area contributed by atoms with Gasteiger partial charge in [0.05, 0.1) is 0 Å². The van der Waals surface area contributed by atoms with Crippen molar-refractivity contribution in [2.24, 2.45) is 0 Å². The van der Waals surface area contributed by atoms with Gasteiger partial charge in [0.25, 0.3) is 0 Å². The third-order valence-electron chi connectivity index (χ3n) is 9.54. The van der Waals surface area contributed by atoms with E-state index in [4.69, 9.17) is 0 Å². The molecule has 0 unspecified atom stereocenters. The molecule has 7 rings (SSSR count). The minimum atomic E-state index is -2.47. The van der Waals surface area contributed by atoms with Crippen LogP contribution in [0.1, 0.15) is 64.5 Å². The summed E-state index contributed by atoms with van der Waals surface area (Å²) in [6.45, 7) is 18.7. The number of hydrogen-bond acceptors (Lipinski definition) is 0. The molecule has 0 radical (unpaired) electrons. The van der Waals surface area contributed by atoms with Gasteiger partial charge in [-0.3, -0.25) is 0 Å². The minimum Gasteiger partial charge on any atom is -0.343 e. The van der Waals surface area contributed by atoms with Gasteiger partial charge in [-0.25, -0.2) is 0 Å². The van der Waals surface area contributed by atoms with Crippen molar-refractivity contribution in [3.05, 3.63) is 140 Å². The van der Waals surface area contributed by atoms with Crippen LogP contribution in [0.4, 0.5) is 0 Å². The van der Waals surface area contributed by atoms with Crippen molar-refractivity contribution in [1.82, 2.24) is 0 Å². The van der Waals surface area contributed by atoms with E-state index in [-0.39, 0.29) is 26.2 Å². The Kier molecular flexibility index (Phi) is 13.2. The zero-order valence-electron chi connectivity index (χ0n) is 29.1. The number of fused-ring (bicyclic) bond motifs is 6. The van der Waals surface area contributed by atoms with E-state index in [0.29, 0.717) is 0 Å². The second-order valence-electron chi connectivity index (χ2n) is 12.5. The van der Waals surface area contributed by atoms with Crippen molar-refractivity contribution in [2.45, 2.75) is 72.8 Å². The first-order chi connectivity index (χ1) is 22.5. The van der Waals surface area contributed by atoms with Crippen molar-refractivity contribution in [3.63, 3.8) is 0 Å². The van der Waals surface area contributed by atoms with E-state index >= 15 is 0 Å². The fourth-order valence-electron chi connectivity index (χ4n) is 7.10. The number of benzene rings is 5. The maximum absolute atomic E-state index is 3.60. The van der Waals surface area contributed by atoms with Crippen LogP contribution in [0.3, 0.4) is 0 Å². The summed E-state index contributed by atoms with van der Waals surface area (Å²) in [4.78, 5) is 0. The maximum Gasteiger partial charge on any atom is 4.00 e. The molecule has 2 heteroatoms. The molecule has 0 amide bonds. The summed E-state index contributed by atoms with van der Waals surface area (Å²) in [6, 6.07) is 43.6. The van der Waals surface area contributed by atoms with Gasteiger partial charge < -0.3 is 13.8 Å². The molecular formula is C45H50SiZr. The quantitative estimate of drug-likeness (QED) is 0.114. The minimum absolute atomic E-state index is 0. The molecule has 0 aromatic heterocycles. The van der Waals surface area contributed by atoms with Crippen LogP contribution in [0.2, 0.25) is 6.55 Å². The summed E-state index contributed by atoms with van der Waals surface area (Å²) < 4.78 is 0. The molecule has 0 saturated heterocycles. The van der Waals surface area contributed by atoms with Crippen LogP contribution < -0.4 is 15.6 Å². The molecule has 7 aromatic rings. The molecule has 0 atom stereocenters. The molecule has 0 aliphatic carbocycles. The first-order valence-electron chi connectivity index (χ1n) is 17.3. The van der Waals surface area contributed by atoms with Gasteiger partial charge in [-0.1, -0.05) is 154 Å². The molecule has 0 aliphatic heterocycles. The summed E-state index contributed by atoms with van der Waals surface area (Å²) in [7, 11) is -2.47. The van der Waals surface area contributed by atoms with E-state index in [0.717, 1.165) is 25.7 Å². The van der Waals surface area contributed by atoms with Gasteiger partial charge in [0.15, 0.2) is 0 Å². The summed E-state index contributed by atoms with van der Waals surface area (Å²) in [5.74, 6) is 0. The smallest absolute Gasteiger partial charge is 0.343 e. The van der Waals surface area contributed by atoms with Crippen LogP contribution in [-0.4, -0.2) is 8.07 Å². The Morgan fingerprint density at radius 2 is 0.915 bits per heavy atom. The van der Waals surface area contributed by atoms with E-state index in [1.54, 1.807) is 10.4 Å². The molecule has 0 N–H and O–H groups in total. The fraction of sp³-hybridized carbons (Fsp3) is 0.244. The summed E-state index contributed by atoms with van der Waals surface area (Å²) in [5.41, 5.74) is 3.01. The Balaban J connectivity index is 0.000000503. The van der Waals surface area contributed by atoms with Gasteiger partial charge in [-0.05, 0) is 23.6 Å². The predicted molar refractivity (Wildman–Crippen MR) is 210 cm³/mol. The van der Waals surface area contributed by atoms with Crippen molar-refractivity contribution in [3.8, 4) is 0 Å². The normalized spacial score (nSPS) is 11.2. The number of hydrogen-bond donors (Lipinski definition) is 0. The van der Waals surface area contributed by atoms with Gasteiger partial charge >= 0.3 is 26.2 Å². The van der Waals surface area contributed by atoms with Gasteiger partial charge in [0.2, 0.25) is 0 Å². The van der Waals surface area contributed by atoms with Crippen molar-refractivity contribution in [1.29, 1.82) is 0 Å². The van der Waals surface area contributed by atoms with Crippen LogP contribution in [-0.2, 0) is 39.0 Å². The molecule has 0 aliphatic rings. The largest absolute Gasteiger partial charge is 4.00 e. The topological polar surface area (TPSA) is 0 Å².